The maximum atomic E-state index is 6.07. The molecular weight excluding hydrogens is 463 g/mol. The summed E-state index contributed by atoms with van der Waals surface area (Å²) < 4.78 is 6.07. The minimum Gasteiger partial charge on any atom is -0.373 e. The summed E-state index contributed by atoms with van der Waals surface area (Å²) in [5.74, 6) is 1.01. The smallest absolute Gasteiger partial charge is 0.193 e. The lowest BCUT2D eigenvalue weighted by atomic mass is 10.0. The fourth-order valence-corrected chi connectivity index (χ4v) is 4.48. The Morgan fingerprint density at radius 3 is 2.75 bits per heavy atom. The molecule has 3 aliphatic rings. The lowest BCUT2D eigenvalue weighted by Gasteiger charge is -2.36. The number of nitrogens with one attached hydrogen (secondary N) is 1. The van der Waals surface area contributed by atoms with Crippen molar-refractivity contribution in [2.45, 2.75) is 37.8 Å². The molecule has 2 unspecified atom stereocenters. The molecule has 3 aliphatic heterocycles. The maximum absolute atomic E-state index is 6.07. The van der Waals surface area contributed by atoms with Crippen LogP contribution in [0, 0.1) is 0 Å². The first-order valence-corrected chi connectivity index (χ1v) is 10.4. The first-order valence-electron chi connectivity index (χ1n) is 10.4. The average molecular weight is 496 g/mol. The van der Waals surface area contributed by atoms with Crippen LogP contribution in [-0.4, -0.2) is 74.3 Å². The van der Waals surface area contributed by atoms with Gasteiger partial charge in [-0.15, -0.1) is 24.0 Å². The van der Waals surface area contributed by atoms with Crippen molar-refractivity contribution in [2.75, 3.05) is 46.4 Å². The van der Waals surface area contributed by atoms with Crippen molar-refractivity contribution in [3.05, 3.63) is 41.5 Å². The summed E-state index contributed by atoms with van der Waals surface area (Å²) in [5.41, 5.74) is 2.83. The van der Waals surface area contributed by atoms with E-state index in [-0.39, 0.29) is 30.1 Å². The van der Waals surface area contributed by atoms with E-state index in [0.717, 1.165) is 51.6 Å². The third kappa shape index (κ3) is 5.48. The molecule has 0 aliphatic carbocycles. The van der Waals surface area contributed by atoms with E-state index in [1.165, 1.54) is 30.5 Å². The number of piperidine rings is 1. The quantitative estimate of drug-likeness (QED) is 0.397. The number of morpholine rings is 1. The van der Waals surface area contributed by atoms with E-state index in [1.54, 1.807) is 0 Å². The highest BCUT2D eigenvalue weighted by Gasteiger charge is 2.32. The molecule has 1 aromatic carbocycles. The summed E-state index contributed by atoms with van der Waals surface area (Å²) >= 11 is 0. The second-order valence-electron chi connectivity index (χ2n) is 7.87. The van der Waals surface area contributed by atoms with Gasteiger partial charge in [-0.25, -0.2) is 0 Å². The molecule has 0 amide bonds. The van der Waals surface area contributed by atoms with Gasteiger partial charge in [-0.1, -0.05) is 42.0 Å². The molecule has 0 saturated carbocycles. The Labute approximate surface area is 186 Å². The summed E-state index contributed by atoms with van der Waals surface area (Å²) in [6, 6.07) is 11.3. The second kappa shape index (κ2) is 10.6. The summed E-state index contributed by atoms with van der Waals surface area (Å²) in [6.45, 7) is 6.08. The zero-order chi connectivity index (χ0) is 18.5. The van der Waals surface area contributed by atoms with Gasteiger partial charge >= 0.3 is 0 Å². The number of benzene rings is 1. The van der Waals surface area contributed by atoms with E-state index >= 15 is 0 Å². The van der Waals surface area contributed by atoms with Crippen LogP contribution in [-0.2, 0) is 4.74 Å². The highest BCUT2D eigenvalue weighted by atomic mass is 127. The number of hydrogen-bond acceptors (Lipinski definition) is 3. The molecule has 2 atom stereocenters. The first kappa shape index (κ1) is 21.6. The molecular formula is C22H33IN4O. The predicted octanol–water partition coefficient (Wildman–Crippen LogP) is 3.22. The molecule has 0 bridgehead atoms. The van der Waals surface area contributed by atoms with Crippen molar-refractivity contribution in [1.82, 2.24) is 15.1 Å². The van der Waals surface area contributed by atoms with E-state index in [9.17, 15) is 0 Å². The standard InChI is InChI=1S/C22H32N4O.HI/c1-23-22(24-15-21-16-26-11-5-8-20(26)17-27-21)25-12-9-19(10-13-25)14-18-6-3-2-4-7-18;/h2-4,6-7,14,20-21H,5,8-13,15-17H2,1H3,(H,23,24);1H. The Balaban J connectivity index is 0.00000225. The fourth-order valence-electron chi connectivity index (χ4n) is 4.48. The van der Waals surface area contributed by atoms with Crippen LogP contribution in [0.1, 0.15) is 31.2 Å². The van der Waals surface area contributed by atoms with Crippen LogP contribution in [0.4, 0.5) is 0 Å². The fraction of sp³-hybridized carbons (Fsp3) is 0.591. The topological polar surface area (TPSA) is 40.1 Å². The molecule has 5 nitrogen and oxygen atoms in total. The molecule has 4 rings (SSSR count). The number of rotatable bonds is 3. The summed E-state index contributed by atoms with van der Waals surface area (Å²) in [4.78, 5) is 9.49. The zero-order valence-electron chi connectivity index (χ0n) is 16.8. The minimum absolute atomic E-state index is 0. The van der Waals surface area contributed by atoms with Crippen molar-refractivity contribution in [3.63, 3.8) is 0 Å². The number of likely N-dealkylation sites (tertiary alicyclic amines) is 1. The van der Waals surface area contributed by atoms with Crippen molar-refractivity contribution in [1.29, 1.82) is 0 Å². The van der Waals surface area contributed by atoms with Crippen LogP contribution >= 0.6 is 24.0 Å². The molecule has 1 aromatic rings. The van der Waals surface area contributed by atoms with Gasteiger partial charge in [0.15, 0.2) is 5.96 Å². The minimum atomic E-state index is 0. The molecule has 0 aromatic heterocycles. The molecule has 0 spiro atoms. The molecule has 0 radical (unpaired) electrons. The third-order valence-electron chi connectivity index (χ3n) is 6.04. The van der Waals surface area contributed by atoms with E-state index in [1.807, 2.05) is 7.05 Å². The Morgan fingerprint density at radius 1 is 1.21 bits per heavy atom. The number of guanidine groups is 1. The zero-order valence-corrected chi connectivity index (χ0v) is 19.2. The Bertz CT molecular complexity index is 668. The number of ether oxygens (including phenoxy) is 1. The van der Waals surface area contributed by atoms with Gasteiger partial charge in [-0.2, -0.15) is 0 Å². The SMILES string of the molecule is CN=C(NCC1CN2CCCC2CO1)N1CCC(=Cc2ccccc2)CC1.I. The van der Waals surface area contributed by atoms with E-state index in [0.29, 0.717) is 6.04 Å². The number of hydrogen-bond donors (Lipinski definition) is 1. The van der Waals surface area contributed by atoms with Crippen molar-refractivity contribution >= 4 is 36.0 Å². The van der Waals surface area contributed by atoms with Crippen molar-refractivity contribution in [3.8, 4) is 0 Å². The maximum Gasteiger partial charge on any atom is 0.193 e. The summed E-state index contributed by atoms with van der Waals surface area (Å²) in [6.07, 6.45) is 7.44. The number of halogens is 1. The van der Waals surface area contributed by atoms with Gasteiger partial charge in [-0.3, -0.25) is 9.89 Å². The Kier molecular flexibility index (Phi) is 8.17. The molecule has 3 fully saturated rings. The highest BCUT2D eigenvalue weighted by Crippen LogP contribution is 2.23. The van der Waals surface area contributed by atoms with Crippen LogP contribution < -0.4 is 5.32 Å². The van der Waals surface area contributed by atoms with Gasteiger partial charge < -0.3 is 15.0 Å². The second-order valence-corrected chi connectivity index (χ2v) is 7.87. The van der Waals surface area contributed by atoms with Gasteiger partial charge in [0.2, 0.25) is 0 Å². The molecule has 1 N–H and O–H groups in total. The van der Waals surface area contributed by atoms with Gasteiger partial charge in [0, 0.05) is 39.3 Å². The lowest BCUT2D eigenvalue weighted by molar-refractivity contribution is -0.0454. The van der Waals surface area contributed by atoms with Crippen LogP contribution in [0.5, 0.6) is 0 Å². The summed E-state index contributed by atoms with van der Waals surface area (Å²) in [7, 11) is 1.88. The molecule has 6 heteroatoms. The molecule has 3 saturated heterocycles. The first-order chi connectivity index (χ1) is 13.3. The lowest BCUT2D eigenvalue weighted by Crippen LogP contribution is -2.52. The van der Waals surface area contributed by atoms with Crippen molar-refractivity contribution < 1.29 is 4.74 Å². The molecule has 3 heterocycles. The predicted molar refractivity (Wildman–Crippen MR) is 126 cm³/mol. The van der Waals surface area contributed by atoms with Crippen LogP contribution in [0.3, 0.4) is 0 Å². The van der Waals surface area contributed by atoms with Crippen LogP contribution in [0.15, 0.2) is 40.9 Å². The van der Waals surface area contributed by atoms with E-state index < -0.39 is 0 Å². The normalized spacial score (nSPS) is 25.8. The van der Waals surface area contributed by atoms with Crippen LogP contribution in [0.25, 0.3) is 6.08 Å². The van der Waals surface area contributed by atoms with Gasteiger partial charge in [0.25, 0.3) is 0 Å². The largest absolute Gasteiger partial charge is 0.373 e. The third-order valence-corrected chi connectivity index (χ3v) is 6.04. The average Bonchev–Trinajstić information content (AvgIpc) is 3.18. The Hall–Kier alpha value is -1.12. The Morgan fingerprint density at radius 2 is 2.00 bits per heavy atom. The number of nitrogens with zero attached hydrogens (tertiary/aromatic N) is 3. The highest BCUT2D eigenvalue weighted by molar-refractivity contribution is 14.0. The van der Waals surface area contributed by atoms with Crippen molar-refractivity contribution in [2.24, 2.45) is 4.99 Å². The van der Waals surface area contributed by atoms with E-state index in [4.69, 9.17) is 4.74 Å². The monoisotopic (exact) mass is 496 g/mol. The molecule has 154 valence electrons. The van der Waals surface area contributed by atoms with Crippen LogP contribution in [0.2, 0.25) is 0 Å². The van der Waals surface area contributed by atoms with E-state index in [2.05, 4.69) is 56.5 Å². The van der Waals surface area contributed by atoms with Gasteiger partial charge in [0.05, 0.1) is 12.7 Å². The number of aliphatic imine (C=N–C) groups is 1. The van der Waals surface area contributed by atoms with Gasteiger partial charge in [0.1, 0.15) is 0 Å². The number of fused-ring (bicyclic) bond motifs is 1. The van der Waals surface area contributed by atoms with Gasteiger partial charge in [-0.05, 0) is 37.8 Å². The molecule has 28 heavy (non-hydrogen) atoms. The summed E-state index contributed by atoms with van der Waals surface area (Å²) in [5, 5.41) is 3.56.